The normalized spacial score (nSPS) is 14.6. The first-order valence-electron chi connectivity index (χ1n) is 7.21. The van der Waals surface area contributed by atoms with Gasteiger partial charge >= 0.3 is 5.97 Å². The average molecular weight is 280 g/mol. The predicted octanol–water partition coefficient (Wildman–Crippen LogP) is 2.12. The van der Waals surface area contributed by atoms with Crippen LogP contribution in [0.2, 0.25) is 0 Å². The predicted molar refractivity (Wildman–Crippen MR) is 78.6 cm³/mol. The molecule has 2 rings (SSSR count). The summed E-state index contributed by atoms with van der Waals surface area (Å²) in [5.74, 6) is 1.75. The Hall–Kier alpha value is -1.72. The first-order chi connectivity index (χ1) is 9.52. The first-order valence-corrected chi connectivity index (χ1v) is 7.21. The van der Waals surface area contributed by atoms with Crippen LogP contribution in [0.15, 0.2) is 0 Å². The third-order valence-electron chi connectivity index (χ3n) is 3.55. The molecule has 0 atom stereocenters. The molecule has 6 heteroatoms. The summed E-state index contributed by atoms with van der Waals surface area (Å²) < 4.78 is 6.50. The van der Waals surface area contributed by atoms with E-state index in [9.17, 15) is 4.79 Å². The van der Waals surface area contributed by atoms with Gasteiger partial charge in [-0.05, 0) is 31.1 Å². The molecule has 1 aromatic rings. The van der Waals surface area contributed by atoms with Gasteiger partial charge in [0.1, 0.15) is 11.4 Å². The Morgan fingerprint density at radius 2 is 2.25 bits per heavy atom. The molecule has 0 bridgehead atoms. The topological polar surface area (TPSA) is 82.2 Å². The van der Waals surface area contributed by atoms with Crippen LogP contribution in [0.3, 0.4) is 0 Å². The number of methoxy groups -OCH3 is 1. The number of aromatic nitrogens is 2. The molecular formula is C14H24N4O2. The monoisotopic (exact) mass is 280 g/mol. The molecule has 0 unspecified atom stereocenters. The number of anilines is 2. The van der Waals surface area contributed by atoms with E-state index in [-0.39, 0.29) is 0 Å². The summed E-state index contributed by atoms with van der Waals surface area (Å²) in [6.07, 6.45) is 3.45. The van der Waals surface area contributed by atoms with E-state index in [1.807, 2.05) is 0 Å². The first kappa shape index (κ1) is 14.7. The van der Waals surface area contributed by atoms with Gasteiger partial charge in [0, 0.05) is 13.1 Å². The number of rotatable bonds is 7. The van der Waals surface area contributed by atoms with E-state index in [4.69, 9.17) is 10.5 Å². The van der Waals surface area contributed by atoms with Crippen LogP contribution in [0.4, 0.5) is 11.6 Å². The van der Waals surface area contributed by atoms with Crippen molar-refractivity contribution in [3.63, 3.8) is 0 Å². The van der Waals surface area contributed by atoms with E-state index in [1.165, 1.54) is 20.0 Å². The van der Waals surface area contributed by atoms with Crippen molar-refractivity contribution in [2.75, 3.05) is 24.7 Å². The van der Waals surface area contributed by atoms with Gasteiger partial charge in [0.2, 0.25) is 0 Å². The maximum atomic E-state index is 11.9. The minimum atomic E-state index is -0.434. The molecule has 6 nitrogen and oxygen atoms in total. The standard InChI is InChI=1S/C14H24N4O2/c1-9(2)6-7-18-12(15)11(14(19)20-3)13(17-18)16-8-10-4-5-10/h9-10H,4-8,15H2,1-3H3,(H,16,17). The Morgan fingerprint density at radius 3 is 2.80 bits per heavy atom. The number of hydrogen-bond acceptors (Lipinski definition) is 5. The van der Waals surface area contributed by atoms with Crippen molar-refractivity contribution in [2.24, 2.45) is 11.8 Å². The Labute approximate surface area is 119 Å². The van der Waals surface area contributed by atoms with E-state index in [0.29, 0.717) is 35.6 Å². The van der Waals surface area contributed by atoms with Gasteiger partial charge in [-0.25, -0.2) is 9.48 Å². The SMILES string of the molecule is COC(=O)c1c(NCC2CC2)nn(CCC(C)C)c1N. The van der Waals surface area contributed by atoms with Gasteiger partial charge in [0.25, 0.3) is 0 Å². The lowest BCUT2D eigenvalue weighted by Gasteiger charge is -2.06. The summed E-state index contributed by atoms with van der Waals surface area (Å²) >= 11 is 0. The highest BCUT2D eigenvalue weighted by Crippen LogP contribution is 2.30. The van der Waals surface area contributed by atoms with Crippen LogP contribution < -0.4 is 11.1 Å². The van der Waals surface area contributed by atoms with Gasteiger partial charge in [0.05, 0.1) is 7.11 Å². The number of carbonyl (C=O) groups excluding carboxylic acids is 1. The minimum absolute atomic E-state index is 0.358. The number of nitrogens with two attached hydrogens (primary N) is 1. The van der Waals surface area contributed by atoms with Gasteiger partial charge in [0.15, 0.2) is 5.82 Å². The minimum Gasteiger partial charge on any atom is -0.465 e. The highest BCUT2D eigenvalue weighted by molar-refractivity contribution is 5.99. The van der Waals surface area contributed by atoms with Crippen molar-refractivity contribution < 1.29 is 9.53 Å². The summed E-state index contributed by atoms with van der Waals surface area (Å²) in [6.45, 7) is 5.84. The summed E-state index contributed by atoms with van der Waals surface area (Å²) in [4.78, 5) is 11.9. The zero-order chi connectivity index (χ0) is 14.7. The summed E-state index contributed by atoms with van der Waals surface area (Å²) in [5, 5.41) is 7.66. The van der Waals surface area contributed by atoms with Crippen LogP contribution >= 0.6 is 0 Å². The second-order valence-corrected chi connectivity index (χ2v) is 5.83. The Kier molecular flexibility index (Phi) is 4.52. The summed E-state index contributed by atoms with van der Waals surface area (Å²) in [7, 11) is 1.36. The molecule has 3 N–H and O–H groups in total. The zero-order valence-electron chi connectivity index (χ0n) is 12.5. The number of ether oxygens (including phenoxy) is 1. The fourth-order valence-corrected chi connectivity index (χ4v) is 2.02. The van der Waals surface area contributed by atoms with Gasteiger partial charge in [-0.3, -0.25) is 0 Å². The lowest BCUT2D eigenvalue weighted by Crippen LogP contribution is -2.11. The van der Waals surface area contributed by atoms with Crippen molar-refractivity contribution in [1.29, 1.82) is 0 Å². The molecule has 0 aromatic carbocycles. The number of nitrogen functional groups attached to an aromatic ring is 1. The van der Waals surface area contributed by atoms with Gasteiger partial charge in [-0.1, -0.05) is 13.8 Å². The van der Waals surface area contributed by atoms with Crippen LogP contribution in [0, 0.1) is 11.8 Å². The van der Waals surface area contributed by atoms with E-state index >= 15 is 0 Å². The average Bonchev–Trinajstić information content (AvgIpc) is 3.18. The van der Waals surface area contributed by atoms with Crippen molar-refractivity contribution in [2.45, 2.75) is 39.7 Å². The molecule has 1 fully saturated rings. The molecule has 112 valence electrons. The number of nitrogens with one attached hydrogen (secondary N) is 1. The lowest BCUT2D eigenvalue weighted by atomic mass is 10.1. The number of hydrogen-bond donors (Lipinski definition) is 2. The summed E-state index contributed by atoms with van der Waals surface area (Å²) in [6, 6.07) is 0. The van der Waals surface area contributed by atoms with E-state index in [1.54, 1.807) is 4.68 Å². The molecule has 1 heterocycles. The smallest absolute Gasteiger partial charge is 0.345 e. The molecular weight excluding hydrogens is 256 g/mol. The molecule has 1 saturated carbocycles. The molecule has 1 aromatic heterocycles. The number of esters is 1. The fourth-order valence-electron chi connectivity index (χ4n) is 2.02. The Morgan fingerprint density at radius 1 is 1.55 bits per heavy atom. The molecule has 1 aliphatic carbocycles. The van der Waals surface area contributed by atoms with E-state index in [0.717, 1.165) is 13.0 Å². The van der Waals surface area contributed by atoms with Gasteiger partial charge < -0.3 is 15.8 Å². The van der Waals surface area contributed by atoms with Crippen LogP contribution in [0.5, 0.6) is 0 Å². The molecule has 1 aliphatic rings. The third kappa shape index (κ3) is 3.43. The highest BCUT2D eigenvalue weighted by Gasteiger charge is 2.26. The summed E-state index contributed by atoms with van der Waals surface area (Å²) in [5.41, 5.74) is 6.41. The molecule has 20 heavy (non-hydrogen) atoms. The van der Waals surface area contributed by atoms with Crippen LogP contribution in [0.25, 0.3) is 0 Å². The van der Waals surface area contributed by atoms with Crippen molar-refractivity contribution in [3.05, 3.63) is 5.56 Å². The third-order valence-corrected chi connectivity index (χ3v) is 3.55. The van der Waals surface area contributed by atoms with Crippen molar-refractivity contribution >= 4 is 17.6 Å². The van der Waals surface area contributed by atoms with Gasteiger partial charge in [-0.15, -0.1) is 0 Å². The van der Waals surface area contributed by atoms with Crippen molar-refractivity contribution in [1.82, 2.24) is 9.78 Å². The number of nitrogens with zero attached hydrogens (tertiary/aromatic N) is 2. The Balaban J connectivity index is 2.17. The van der Waals surface area contributed by atoms with Crippen LogP contribution in [-0.4, -0.2) is 29.4 Å². The van der Waals surface area contributed by atoms with E-state index < -0.39 is 5.97 Å². The molecule has 0 aliphatic heterocycles. The fraction of sp³-hybridized carbons (Fsp3) is 0.714. The van der Waals surface area contributed by atoms with Crippen LogP contribution in [-0.2, 0) is 11.3 Å². The van der Waals surface area contributed by atoms with E-state index in [2.05, 4.69) is 24.3 Å². The maximum absolute atomic E-state index is 11.9. The molecule has 0 radical (unpaired) electrons. The second-order valence-electron chi connectivity index (χ2n) is 5.83. The zero-order valence-corrected chi connectivity index (χ0v) is 12.5. The van der Waals surface area contributed by atoms with Gasteiger partial charge in [-0.2, -0.15) is 5.10 Å². The molecule has 0 spiro atoms. The van der Waals surface area contributed by atoms with Crippen LogP contribution in [0.1, 0.15) is 43.5 Å². The quantitative estimate of drug-likeness (QED) is 0.748. The molecule has 0 saturated heterocycles. The molecule has 0 amide bonds. The van der Waals surface area contributed by atoms with Crippen molar-refractivity contribution in [3.8, 4) is 0 Å². The number of aryl methyl sites for hydroxylation is 1. The maximum Gasteiger partial charge on any atom is 0.345 e. The Bertz CT molecular complexity index is 478. The highest BCUT2D eigenvalue weighted by atomic mass is 16.5. The second kappa shape index (κ2) is 6.15. The lowest BCUT2D eigenvalue weighted by molar-refractivity contribution is 0.0603. The largest absolute Gasteiger partial charge is 0.465 e. The number of carbonyl (C=O) groups is 1.